The van der Waals surface area contributed by atoms with E-state index in [0.29, 0.717) is 22.1 Å². The van der Waals surface area contributed by atoms with Gasteiger partial charge in [-0.05, 0) is 31.0 Å². The molecule has 0 saturated heterocycles. The van der Waals surface area contributed by atoms with Crippen LogP contribution in [0.15, 0.2) is 35.3 Å². The van der Waals surface area contributed by atoms with E-state index in [9.17, 15) is 9.59 Å². The molecule has 1 fully saturated rings. The van der Waals surface area contributed by atoms with Crippen molar-refractivity contribution in [3.05, 3.63) is 51.5 Å². The van der Waals surface area contributed by atoms with E-state index in [1.54, 1.807) is 29.1 Å². The van der Waals surface area contributed by atoms with Crippen LogP contribution in [0.25, 0.3) is 16.6 Å². The Morgan fingerprint density at radius 1 is 1.40 bits per heavy atom. The summed E-state index contributed by atoms with van der Waals surface area (Å²) in [4.78, 5) is 24.7. The molecule has 0 spiro atoms. The number of aromatic nitrogens is 4. The van der Waals surface area contributed by atoms with Crippen molar-refractivity contribution in [1.29, 1.82) is 0 Å². The van der Waals surface area contributed by atoms with Crippen molar-refractivity contribution in [3.8, 4) is 5.69 Å². The molecule has 1 aliphatic rings. The molecule has 2 heterocycles. The molecule has 0 atom stereocenters. The average Bonchev–Trinajstić information content (AvgIpc) is 3.35. The third-order valence-corrected chi connectivity index (χ3v) is 4.53. The van der Waals surface area contributed by atoms with E-state index in [4.69, 9.17) is 11.6 Å². The van der Waals surface area contributed by atoms with Crippen LogP contribution in [-0.4, -0.2) is 32.5 Å². The molecule has 25 heavy (non-hydrogen) atoms. The topological polar surface area (TPSA) is 81.8 Å². The number of likely N-dealkylation sites (N-methyl/N-ethyl adjacent to an activating group) is 1. The lowest BCUT2D eigenvalue weighted by Crippen LogP contribution is -2.33. The molecule has 2 aromatic heterocycles. The molecule has 1 amide bonds. The first kappa shape index (κ1) is 15.8. The lowest BCUT2D eigenvalue weighted by atomic mass is 10.2. The van der Waals surface area contributed by atoms with Crippen molar-refractivity contribution in [2.75, 3.05) is 7.05 Å². The number of carbonyl (C=O) groups is 1. The lowest BCUT2D eigenvalue weighted by molar-refractivity contribution is -0.121. The molecule has 0 radical (unpaired) electrons. The molecule has 0 aliphatic heterocycles. The number of fused-ring (bicyclic) bond motifs is 1. The van der Waals surface area contributed by atoms with Gasteiger partial charge in [-0.2, -0.15) is 10.2 Å². The van der Waals surface area contributed by atoms with Gasteiger partial charge in [-0.15, -0.1) is 0 Å². The van der Waals surface area contributed by atoms with Gasteiger partial charge < -0.3 is 5.32 Å². The van der Waals surface area contributed by atoms with Gasteiger partial charge >= 0.3 is 0 Å². The molecule has 1 N–H and O–H groups in total. The Bertz CT molecular complexity index is 1040. The van der Waals surface area contributed by atoms with Crippen LogP contribution in [0.3, 0.4) is 0 Å². The molecule has 1 aromatic carbocycles. The highest BCUT2D eigenvalue weighted by molar-refractivity contribution is 6.30. The third-order valence-electron chi connectivity index (χ3n) is 4.30. The van der Waals surface area contributed by atoms with Gasteiger partial charge in [0.1, 0.15) is 12.1 Å². The normalized spacial score (nSPS) is 14.0. The standard InChI is InChI=1S/C17H16ClN5O2/c1-19-14(24)9-22-17(25)16-13(15(21-22)10-5-6-10)8-20-23(16)12-4-2-3-11(18)7-12/h2-4,7-8,10H,5-6,9H2,1H3,(H,19,24). The largest absolute Gasteiger partial charge is 0.358 e. The number of benzene rings is 1. The van der Waals surface area contributed by atoms with E-state index < -0.39 is 0 Å². The van der Waals surface area contributed by atoms with E-state index in [2.05, 4.69) is 15.5 Å². The van der Waals surface area contributed by atoms with Crippen molar-refractivity contribution in [1.82, 2.24) is 24.9 Å². The highest BCUT2D eigenvalue weighted by atomic mass is 35.5. The summed E-state index contributed by atoms with van der Waals surface area (Å²) >= 11 is 6.07. The van der Waals surface area contributed by atoms with Gasteiger partial charge in [-0.1, -0.05) is 17.7 Å². The summed E-state index contributed by atoms with van der Waals surface area (Å²) in [5.41, 5.74) is 1.59. The number of rotatable bonds is 4. The van der Waals surface area contributed by atoms with Crippen molar-refractivity contribution in [2.45, 2.75) is 25.3 Å². The first-order valence-electron chi connectivity index (χ1n) is 8.03. The fourth-order valence-corrected chi connectivity index (χ4v) is 3.06. The molecule has 1 aliphatic carbocycles. The Morgan fingerprint density at radius 3 is 2.88 bits per heavy atom. The quantitative estimate of drug-likeness (QED) is 0.772. The van der Waals surface area contributed by atoms with Gasteiger partial charge in [-0.3, -0.25) is 9.59 Å². The molecular formula is C17H16ClN5O2. The Labute approximate surface area is 148 Å². The summed E-state index contributed by atoms with van der Waals surface area (Å²) in [7, 11) is 1.53. The SMILES string of the molecule is CNC(=O)Cn1nc(C2CC2)c2cnn(-c3cccc(Cl)c3)c2c1=O. The van der Waals surface area contributed by atoms with Crippen molar-refractivity contribution in [2.24, 2.45) is 0 Å². The summed E-state index contributed by atoms with van der Waals surface area (Å²) in [5, 5.41) is 12.6. The van der Waals surface area contributed by atoms with Crippen LogP contribution in [0.2, 0.25) is 5.02 Å². The maximum Gasteiger partial charge on any atom is 0.293 e. The minimum absolute atomic E-state index is 0.119. The molecule has 7 nitrogen and oxygen atoms in total. The van der Waals surface area contributed by atoms with E-state index in [1.165, 1.54) is 11.7 Å². The minimum atomic E-state index is -0.347. The first-order chi connectivity index (χ1) is 12.1. The smallest absolute Gasteiger partial charge is 0.293 e. The third kappa shape index (κ3) is 2.80. The molecule has 0 unspecified atom stereocenters. The molecule has 4 rings (SSSR count). The zero-order valence-electron chi connectivity index (χ0n) is 13.6. The van der Waals surface area contributed by atoms with Gasteiger partial charge in [0, 0.05) is 23.4 Å². The number of amides is 1. The van der Waals surface area contributed by atoms with Gasteiger partial charge in [0.25, 0.3) is 5.56 Å². The van der Waals surface area contributed by atoms with E-state index in [0.717, 1.165) is 23.9 Å². The summed E-state index contributed by atoms with van der Waals surface area (Å²) in [6, 6.07) is 7.14. The number of nitrogens with one attached hydrogen (secondary N) is 1. The number of nitrogens with zero attached hydrogens (tertiary/aromatic N) is 4. The second-order valence-electron chi connectivity index (χ2n) is 6.09. The second-order valence-corrected chi connectivity index (χ2v) is 6.53. The second kappa shape index (κ2) is 6.00. The highest BCUT2D eigenvalue weighted by Crippen LogP contribution is 2.41. The first-order valence-corrected chi connectivity index (χ1v) is 8.41. The Kier molecular flexibility index (Phi) is 3.80. The van der Waals surface area contributed by atoms with Crippen LogP contribution in [0, 0.1) is 0 Å². The maximum absolute atomic E-state index is 12.9. The number of carbonyl (C=O) groups excluding carboxylic acids is 1. The van der Waals surface area contributed by atoms with Crippen LogP contribution in [0.1, 0.15) is 24.5 Å². The minimum Gasteiger partial charge on any atom is -0.358 e. The molecular weight excluding hydrogens is 342 g/mol. The predicted molar refractivity (Wildman–Crippen MR) is 94.2 cm³/mol. The van der Waals surface area contributed by atoms with Crippen LogP contribution < -0.4 is 10.9 Å². The lowest BCUT2D eigenvalue weighted by Gasteiger charge is -2.09. The van der Waals surface area contributed by atoms with Crippen molar-refractivity contribution in [3.63, 3.8) is 0 Å². The molecule has 1 saturated carbocycles. The monoisotopic (exact) mass is 357 g/mol. The molecule has 0 bridgehead atoms. The Balaban J connectivity index is 1.97. The van der Waals surface area contributed by atoms with Crippen molar-refractivity contribution >= 4 is 28.4 Å². The van der Waals surface area contributed by atoms with Gasteiger partial charge in [-0.25, -0.2) is 9.36 Å². The van der Waals surface area contributed by atoms with E-state index in [1.807, 2.05) is 6.07 Å². The fraction of sp³-hybridized carbons (Fsp3) is 0.294. The van der Waals surface area contributed by atoms with E-state index in [-0.39, 0.29) is 18.0 Å². The maximum atomic E-state index is 12.9. The highest BCUT2D eigenvalue weighted by Gasteiger charge is 2.30. The average molecular weight is 358 g/mol. The van der Waals surface area contributed by atoms with Crippen molar-refractivity contribution < 1.29 is 4.79 Å². The Hall–Kier alpha value is -2.67. The van der Waals surface area contributed by atoms with Crippen LogP contribution in [-0.2, 0) is 11.3 Å². The fourth-order valence-electron chi connectivity index (χ4n) is 2.88. The molecule has 128 valence electrons. The predicted octanol–water partition coefficient (Wildman–Crippen LogP) is 1.86. The number of hydrogen-bond acceptors (Lipinski definition) is 4. The van der Waals surface area contributed by atoms with E-state index >= 15 is 0 Å². The van der Waals surface area contributed by atoms with Gasteiger partial charge in [0.05, 0.1) is 17.6 Å². The van der Waals surface area contributed by atoms with Gasteiger partial charge in [0.2, 0.25) is 5.91 Å². The van der Waals surface area contributed by atoms with Gasteiger partial charge in [0.15, 0.2) is 0 Å². The number of hydrogen-bond donors (Lipinski definition) is 1. The zero-order valence-corrected chi connectivity index (χ0v) is 14.3. The summed E-state index contributed by atoms with van der Waals surface area (Å²) in [6.45, 7) is -0.119. The van der Waals surface area contributed by atoms with Crippen LogP contribution >= 0.6 is 11.6 Å². The zero-order chi connectivity index (χ0) is 17.6. The molecule has 3 aromatic rings. The summed E-state index contributed by atoms with van der Waals surface area (Å²) in [5.74, 6) is 0.0422. The van der Waals surface area contributed by atoms with Crippen LogP contribution in [0.4, 0.5) is 0 Å². The summed E-state index contributed by atoms with van der Waals surface area (Å²) in [6.07, 6.45) is 3.73. The number of halogens is 1. The Morgan fingerprint density at radius 2 is 2.20 bits per heavy atom. The molecule has 8 heteroatoms. The van der Waals surface area contributed by atoms with Crippen LogP contribution in [0.5, 0.6) is 0 Å². The summed E-state index contributed by atoms with van der Waals surface area (Å²) < 4.78 is 2.79.